The van der Waals surface area contributed by atoms with Crippen LogP contribution in [0.15, 0.2) is 12.1 Å². The second kappa shape index (κ2) is 5.89. The van der Waals surface area contributed by atoms with Gasteiger partial charge >= 0.3 is 5.97 Å². The molecule has 0 aliphatic heterocycles. The van der Waals surface area contributed by atoms with Gasteiger partial charge in [-0.15, -0.1) is 0 Å². The van der Waals surface area contributed by atoms with Crippen LogP contribution in [0.25, 0.3) is 0 Å². The standard InChI is InChI=1S/C12H16ClNO3/c1-3-7-4-8(9(6-14)12(15)16)11(17-2)10(13)5-7/h4-5,9H,3,6,14H2,1-2H3,(H,15,16). The van der Waals surface area contributed by atoms with Gasteiger partial charge in [0.25, 0.3) is 0 Å². The SMILES string of the molecule is CCc1cc(Cl)c(OC)c(C(CN)C(=O)O)c1. The molecule has 1 aromatic rings. The number of carboxylic acid groups (broad SMARTS) is 1. The lowest BCUT2D eigenvalue weighted by atomic mass is 9.95. The fourth-order valence-electron chi connectivity index (χ4n) is 1.71. The number of rotatable bonds is 5. The predicted octanol–water partition coefficient (Wildman–Crippen LogP) is 2.04. The highest BCUT2D eigenvalue weighted by molar-refractivity contribution is 6.32. The molecule has 0 aromatic heterocycles. The first kappa shape index (κ1) is 13.8. The monoisotopic (exact) mass is 257 g/mol. The van der Waals surface area contributed by atoms with Crippen molar-refractivity contribution in [1.29, 1.82) is 0 Å². The van der Waals surface area contributed by atoms with Crippen LogP contribution < -0.4 is 10.5 Å². The number of aryl methyl sites for hydroxylation is 1. The van der Waals surface area contributed by atoms with E-state index in [1.165, 1.54) is 7.11 Å². The minimum Gasteiger partial charge on any atom is -0.495 e. The third kappa shape index (κ3) is 2.90. The fourth-order valence-corrected chi connectivity index (χ4v) is 2.04. The predicted molar refractivity (Wildman–Crippen MR) is 66.8 cm³/mol. The van der Waals surface area contributed by atoms with Crippen molar-refractivity contribution in [2.24, 2.45) is 5.73 Å². The van der Waals surface area contributed by atoms with Gasteiger partial charge in [-0.05, 0) is 18.1 Å². The van der Waals surface area contributed by atoms with E-state index in [0.29, 0.717) is 16.3 Å². The zero-order chi connectivity index (χ0) is 13.0. The van der Waals surface area contributed by atoms with Crippen molar-refractivity contribution < 1.29 is 14.6 Å². The van der Waals surface area contributed by atoms with Gasteiger partial charge in [0.2, 0.25) is 0 Å². The molecule has 5 heteroatoms. The van der Waals surface area contributed by atoms with Gasteiger partial charge in [-0.2, -0.15) is 0 Å². The van der Waals surface area contributed by atoms with Gasteiger partial charge in [-0.25, -0.2) is 0 Å². The molecule has 0 spiro atoms. The summed E-state index contributed by atoms with van der Waals surface area (Å²) in [5, 5.41) is 9.54. The Morgan fingerprint density at radius 3 is 2.65 bits per heavy atom. The molecule has 1 atom stereocenters. The van der Waals surface area contributed by atoms with E-state index in [9.17, 15) is 4.79 Å². The summed E-state index contributed by atoms with van der Waals surface area (Å²) in [6, 6.07) is 3.57. The van der Waals surface area contributed by atoms with Gasteiger partial charge in [0.15, 0.2) is 0 Å². The first-order chi connectivity index (χ1) is 8.04. The van der Waals surface area contributed by atoms with Gasteiger partial charge in [-0.1, -0.05) is 24.6 Å². The molecule has 0 fully saturated rings. The third-order valence-electron chi connectivity index (χ3n) is 2.65. The summed E-state index contributed by atoms with van der Waals surface area (Å²) in [5.41, 5.74) is 6.99. The van der Waals surface area contributed by atoms with Crippen molar-refractivity contribution >= 4 is 17.6 Å². The maximum atomic E-state index is 11.1. The van der Waals surface area contributed by atoms with E-state index in [-0.39, 0.29) is 6.54 Å². The first-order valence-electron chi connectivity index (χ1n) is 5.34. The Kier molecular flexibility index (Phi) is 4.78. The number of carboxylic acids is 1. The van der Waals surface area contributed by atoms with Crippen molar-refractivity contribution in [2.75, 3.05) is 13.7 Å². The molecule has 0 heterocycles. The number of halogens is 1. The van der Waals surface area contributed by atoms with Crippen molar-refractivity contribution in [1.82, 2.24) is 0 Å². The lowest BCUT2D eigenvalue weighted by Crippen LogP contribution is -2.22. The summed E-state index contributed by atoms with van der Waals surface area (Å²) in [7, 11) is 1.46. The van der Waals surface area contributed by atoms with Crippen LogP contribution in [-0.4, -0.2) is 24.7 Å². The molecule has 1 aromatic carbocycles. The van der Waals surface area contributed by atoms with Crippen molar-refractivity contribution in [3.63, 3.8) is 0 Å². The van der Waals surface area contributed by atoms with E-state index < -0.39 is 11.9 Å². The number of benzene rings is 1. The molecule has 17 heavy (non-hydrogen) atoms. The highest BCUT2D eigenvalue weighted by atomic mass is 35.5. The van der Waals surface area contributed by atoms with Gasteiger partial charge in [0, 0.05) is 12.1 Å². The van der Waals surface area contributed by atoms with Gasteiger partial charge in [-0.3, -0.25) is 4.79 Å². The van der Waals surface area contributed by atoms with E-state index in [0.717, 1.165) is 12.0 Å². The van der Waals surface area contributed by atoms with Gasteiger partial charge < -0.3 is 15.6 Å². The minimum absolute atomic E-state index is 0.00912. The third-order valence-corrected chi connectivity index (χ3v) is 2.93. The number of ether oxygens (including phenoxy) is 1. The zero-order valence-electron chi connectivity index (χ0n) is 9.87. The van der Waals surface area contributed by atoms with Gasteiger partial charge in [0.1, 0.15) is 5.75 Å². The summed E-state index contributed by atoms with van der Waals surface area (Å²) in [6.45, 7) is 1.98. The lowest BCUT2D eigenvalue weighted by Gasteiger charge is -2.17. The van der Waals surface area contributed by atoms with Gasteiger partial charge in [0.05, 0.1) is 18.1 Å². The summed E-state index contributed by atoms with van der Waals surface area (Å²) in [6.07, 6.45) is 0.771. The molecule has 0 bridgehead atoms. The van der Waals surface area contributed by atoms with E-state index in [2.05, 4.69) is 0 Å². The van der Waals surface area contributed by atoms with Crippen LogP contribution in [0.2, 0.25) is 5.02 Å². The van der Waals surface area contributed by atoms with E-state index in [1.807, 2.05) is 6.92 Å². The fraction of sp³-hybridized carbons (Fsp3) is 0.417. The molecule has 1 unspecified atom stereocenters. The Hall–Kier alpha value is -1.26. The topological polar surface area (TPSA) is 72.5 Å². The second-order valence-electron chi connectivity index (χ2n) is 3.68. The summed E-state index contributed by atoms with van der Waals surface area (Å²) in [5.74, 6) is -1.38. The highest BCUT2D eigenvalue weighted by Gasteiger charge is 2.24. The molecule has 0 saturated carbocycles. The number of methoxy groups -OCH3 is 1. The average molecular weight is 258 g/mol. The second-order valence-corrected chi connectivity index (χ2v) is 4.09. The lowest BCUT2D eigenvalue weighted by molar-refractivity contribution is -0.138. The zero-order valence-corrected chi connectivity index (χ0v) is 10.6. The molecule has 4 nitrogen and oxygen atoms in total. The smallest absolute Gasteiger partial charge is 0.312 e. The summed E-state index contributed by atoms with van der Waals surface area (Å²) in [4.78, 5) is 11.1. The van der Waals surface area contributed by atoms with Crippen molar-refractivity contribution in [3.05, 3.63) is 28.3 Å². The molecule has 3 N–H and O–H groups in total. The molecule has 0 aliphatic carbocycles. The van der Waals surface area contributed by atoms with E-state index >= 15 is 0 Å². The van der Waals surface area contributed by atoms with Crippen LogP contribution in [0.1, 0.15) is 24.0 Å². The van der Waals surface area contributed by atoms with Crippen LogP contribution in [0, 0.1) is 0 Å². The molecule has 0 saturated heterocycles. The molecular formula is C12H16ClNO3. The Morgan fingerprint density at radius 2 is 2.24 bits per heavy atom. The number of nitrogens with two attached hydrogens (primary N) is 1. The Labute approximate surface area is 105 Å². The van der Waals surface area contributed by atoms with Crippen molar-refractivity contribution in [2.45, 2.75) is 19.3 Å². The molecule has 0 aliphatic rings. The molecule has 0 radical (unpaired) electrons. The maximum absolute atomic E-state index is 11.1. The van der Waals surface area contributed by atoms with Crippen LogP contribution >= 0.6 is 11.6 Å². The Bertz CT molecular complexity index is 420. The van der Waals surface area contributed by atoms with Crippen molar-refractivity contribution in [3.8, 4) is 5.75 Å². The first-order valence-corrected chi connectivity index (χ1v) is 5.72. The Morgan fingerprint density at radius 1 is 1.59 bits per heavy atom. The summed E-state index contributed by atoms with van der Waals surface area (Å²) >= 11 is 6.06. The quantitative estimate of drug-likeness (QED) is 0.847. The normalized spacial score (nSPS) is 12.2. The van der Waals surface area contributed by atoms with Crippen LogP contribution in [0.3, 0.4) is 0 Å². The number of carbonyl (C=O) groups is 1. The maximum Gasteiger partial charge on any atom is 0.312 e. The minimum atomic E-state index is -0.977. The molecule has 1 rings (SSSR count). The highest BCUT2D eigenvalue weighted by Crippen LogP contribution is 2.35. The number of hydrogen-bond acceptors (Lipinski definition) is 3. The van der Waals surface area contributed by atoms with E-state index in [4.69, 9.17) is 27.2 Å². The molecule has 0 amide bonds. The largest absolute Gasteiger partial charge is 0.495 e. The molecule has 94 valence electrons. The average Bonchev–Trinajstić information content (AvgIpc) is 2.29. The number of aliphatic carboxylic acids is 1. The van der Waals surface area contributed by atoms with E-state index in [1.54, 1.807) is 12.1 Å². The molecular weight excluding hydrogens is 242 g/mol. The Balaban J connectivity index is 3.36. The summed E-state index contributed by atoms with van der Waals surface area (Å²) < 4.78 is 5.16. The van der Waals surface area contributed by atoms with Crippen LogP contribution in [0.5, 0.6) is 5.75 Å². The number of hydrogen-bond donors (Lipinski definition) is 2. The van der Waals surface area contributed by atoms with Crippen LogP contribution in [-0.2, 0) is 11.2 Å². The van der Waals surface area contributed by atoms with Crippen LogP contribution in [0.4, 0.5) is 0 Å².